The fourth-order valence-corrected chi connectivity index (χ4v) is 4.51. The molecule has 172 valence electrons. The quantitative estimate of drug-likeness (QED) is 0.710. The summed E-state index contributed by atoms with van der Waals surface area (Å²) in [6.07, 6.45) is 4.80. The summed E-state index contributed by atoms with van der Waals surface area (Å²) < 4.78 is 20.3. The number of carbonyl (C=O) groups is 1. The van der Waals surface area contributed by atoms with E-state index in [0.29, 0.717) is 49.8 Å². The highest BCUT2D eigenvalue weighted by Gasteiger charge is 2.28. The summed E-state index contributed by atoms with van der Waals surface area (Å²) in [6.45, 7) is 6.11. The van der Waals surface area contributed by atoms with Crippen LogP contribution in [0.15, 0.2) is 24.4 Å². The topological polar surface area (TPSA) is 61.8 Å². The van der Waals surface area contributed by atoms with Gasteiger partial charge in [0.2, 0.25) is 0 Å². The zero-order valence-corrected chi connectivity index (χ0v) is 19.2. The van der Waals surface area contributed by atoms with Gasteiger partial charge in [-0.05, 0) is 44.0 Å². The Bertz CT molecular complexity index is 961. The first-order chi connectivity index (χ1) is 15.4. The summed E-state index contributed by atoms with van der Waals surface area (Å²) in [4.78, 5) is 27.5. The van der Waals surface area contributed by atoms with Crippen LogP contribution in [-0.2, 0) is 11.3 Å². The maximum absolute atomic E-state index is 14.9. The third-order valence-electron chi connectivity index (χ3n) is 6.30. The normalized spacial score (nSPS) is 19.8. The first kappa shape index (κ1) is 22.6. The van der Waals surface area contributed by atoms with Gasteiger partial charge in [-0.1, -0.05) is 12.5 Å². The van der Waals surface area contributed by atoms with Gasteiger partial charge in [0.05, 0.1) is 36.2 Å². The minimum absolute atomic E-state index is 0.0629. The van der Waals surface area contributed by atoms with Gasteiger partial charge in [0.25, 0.3) is 5.91 Å². The van der Waals surface area contributed by atoms with Crippen LogP contribution in [-0.4, -0.2) is 72.6 Å². The van der Waals surface area contributed by atoms with Gasteiger partial charge in [-0.3, -0.25) is 9.69 Å². The zero-order chi connectivity index (χ0) is 22.7. The van der Waals surface area contributed by atoms with E-state index in [1.807, 2.05) is 24.0 Å². The van der Waals surface area contributed by atoms with Gasteiger partial charge in [-0.2, -0.15) is 0 Å². The van der Waals surface area contributed by atoms with Crippen molar-refractivity contribution in [3.8, 4) is 0 Å². The maximum atomic E-state index is 14.9. The lowest BCUT2D eigenvalue weighted by Gasteiger charge is -2.35. The highest BCUT2D eigenvalue weighted by Crippen LogP contribution is 2.31. The van der Waals surface area contributed by atoms with E-state index >= 15 is 0 Å². The predicted octanol–water partition coefficient (Wildman–Crippen LogP) is 3.19. The molecule has 0 aliphatic carbocycles. The third-order valence-corrected chi connectivity index (χ3v) is 6.30. The summed E-state index contributed by atoms with van der Waals surface area (Å²) in [7, 11) is 3.45. The summed E-state index contributed by atoms with van der Waals surface area (Å²) in [5.41, 5.74) is 2.82. The maximum Gasteiger partial charge on any atom is 0.256 e. The molecule has 2 aliphatic rings. The lowest BCUT2D eigenvalue weighted by Crippen LogP contribution is -2.37. The number of hydrogen-bond donors (Lipinski definition) is 0. The summed E-state index contributed by atoms with van der Waals surface area (Å²) >= 11 is 0. The van der Waals surface area contributed by atoms with E-state index in [4.69, 9.17) is 9.72 Å². The monoisotopic (exact) mass is 441 g/mol. The second kappa shape index (κ2) is 9.92. The summed E-state index contributed by atoms with van der Waals surface area (Å²) in [6, 6.07) is 5.62. The van der Waals surface area contributed by atoms with Crippen molar-refractivity contribution < 1.29 is 13.9 Å². The number of rotatable bonds is 5. The Labute approximate surface area is 189 Å². The Morgan fingerprint density at radius 2 is 2.00 bits per heavy atom. The molecule has 1 unspecified atom stereocenters. The molecule has 3 heterocycles. The van der Waals surface area contributed by atoms with Crippen LogP contribution in [0.4, 0.5) is 10.1 Å². The van der Waals surface area contributed by atoms with Gasteiger partial charge in [0, 0.05) is 39.9 Å². The number of ether oxygens (including phenoxy) is 1. The SMILES string of the molecule is Cc1nc(C2CCCCN2Cc2ccc(N3CCOCC3)c(F)c2)ncc1C(=O)N(C)C. The number of hydrogen-bond acceptors (Lipinski definition) is 6. The number of benzene rings is 1. The van der Waals surface area contributed by atoms with Gasteiger partial charge in [-0.15, -0.1) is 0 Å². The molecule has 0 saturated carbocycles. The van der Waals surface area contributed by atoms with E-state index in [1.54, 1.807) is 26.4 Å². The molecule has 0 bridgehead atoms. The van der Waals surface area contributed by atoms with Gasteiger partial charge in [-0.25, -0.2) is 14.4 Å². The number of carbonyl (C=O) groups excluding carboxylic acids is 1. The van der Waals surface area contributed by atoms with Crippen LogP contribution in [0.5, 0.6) is 0 Å². The molecule has 2 aromatic rings. The first-order valence-corrected chi connectivity index (χ1v) is 11.3. The Morgan fingerprint density at radius 1 is 1.22 bits per heavy atom. The van der Waals surface area contributed by atoms with Crippen LogP contribution in [0, 0.1) is 12.7 Å². The highest BCUT2D eigenvalue weighted by molar-refractivity contribution is 5.94. The molecule has 7 nitrogen and oxygen atoms in total. The lowest BCUT2D eigenvalue weighted by atomic mass is 10.00. The van der Waals surface area contributed by atoms with Gasteiger partial charge >= 0.3 is 0 Å². The molecule has 4 rings (SSSR count). The number of piperidine rings is 1. The Morgan fingerprint density at radius 3 is 2.69 bits per heavy atom. The van der Waals surface area contributed by atoms with Crippen molar-refractivity contribution in [2.45, 2.75) is 38.8 Å². The van der Waals surface area contributed by atoms with Crippen molar-refractivity contribution in [3.63, 3.8) is 0 Å². The fraction of sp³-hybridized carbons (Fsp3) is 0.542. The first-order valence-electron chi connectivity index (χ1n) is 11.3. The molecule has 0 spiro atoms. The average molecular weight is 442 g/mol. The molecular formula is C24H32FN5O2. The lowest BCUT2D eigenvalue weighted by molar-refractivity contribution is 0.0825. The molecule has 1 amide bonds. The van der Waals surface area contributed by atoms with Crippen molar-refractivity contribution in [1.82, 2.24) is 19.8 Å². The van der Waals surface area contributed by atoms with E-state index in [-0.39, 0.29) is 17.8 Å². The third kappa shape index (κ3) is 4.91. The van der Waals surface area contributed by atoms with Crippen molar-refractivity contribution in [3.05, 3.63) is 52.9 Å². The van der Waals surface area contributed by atoms with E-state index in [1.165, 1.54) is 4.90 Å². The van der Waals surface area contributed by atoms with E-state index in [0.717, 1.165) is 37.2 Å². The minimum atomic E-state index is -0.184. The van der Waals surface area contributed by atoms with Crippen LogP contribution in [0.3, 0.4) is 0 Å². The van der Waals surface area contributed by atoms with E-state index in [9.17, 15) is 9.18 Å². The van der Waals surface area contributed by atoms with Gasteiger partial charge in [0.15, 0.2) is 0 Å². The number of aryl methyl sites for hydroxylation is 1. The standard InChI is InChI=1S/C24H32FN5O2/c1-17-19(24(31)28(2)3)15-26-23(27-17)22-6-4-5-9-30(22)16-18-7-8-21(20(25)14-18)29-10-12-32-13-11-29/h7-8,14-15,22H,4-6,9-13,16H2,1-3H3. The molecule has 32 heavy (non-hydrogen) atoms. The van der Waals surface area contributed by atoms with Gasteiger partial charge in [0.1, 0.15) is 11.6 Å². The van der Waals surface area contributed by atoms with Crippen LogP contribution in [0.2, 0.25) is 0 Å². The summed E-state index contributed by atoms with van der Waals surface area (Å²) in [5.74, 6) is 0.463. The molecule has 0 N–H and O–H groups in total. The Balaban J connectivity index is 1.51. The number of aromatic nitrogens is 2. The molecule has 2 aliphatic heterocycles. The molecule has 1 aromatic heterocycles. The zero-order valence-electron chi connectivity index (χ0n) is 19.2. The van der Waals surface area contributed by atoms with Crippen molar-refractivity contribution >= 4 is 11.6 Å². The van der Waals surface area contributed by atoms with E-state index < -0.39 is 0 Å². The van der Waals surface area contributed by atoms with Crippen molar-refractivity contribution in [2.75, 3.05) is 51.8 Å². The molecular weight excluding hydrogens is 409 g/mol. The van der Waals surface area contributed by atoms with Gasteiger partial charge < -0.3 is 14.5 Å². The largest absolute Gasteiger partial charge is 0.378 e. The molecule has 2 saturated heterocycles. The number of nitrogens with zero attached hydrogens (tertiary/aromatic N) is 5. The number of morpholine rings is 1. The minimum Gasteiger partial charge on any atom is -0.378 e. The predicted molar refractivity (Wildman–Crippen MR) is 121 cm³/mol. The number of likely N-dealkylation sites (tertiary alicyclic amines) is 1. The number of anilines is 1. The second-order valence-corrected chi connectivity index (χ2v) is 8.79. The number of halogens is 1. The van der Waals surface area contributed by atoms with Crippen LogP contribution < -0.4 is 4.90 Å². The molecule has 0 radical (unpaired) electrons. The Hall–Kier alpha value is -2.58. The Kier molecular flexibility index (Phi) is 7.01. The smallest absolute Gasteiger partial charge is 0.256 e. The van der Waals surface area contributed by atoms with Crippen LogP contribution in [0.1, 0.15) is 52.7 Å². The van der Waals surface area contributed by atoms with Crippen LogP contribution in [0.25, 0.3) is 0 Å². The summed E-state index contributed by atoms with van der Waals surface area (Å²) in [5, 5.41) is 0. The molecule has 2 fully saturated rings. The van der Waals surface area contributed by atoms with Crippen molar-refractivity contribution in [2.24, 2.45) is 0 Å². The second-order valence-electron chi connectivity index (χ2n) is 8.79. The molecule has 1 atom stereocenters. The average Bonchev–Trinajstić information content (AvgIpc) is 2.79. The van der Waals surface area contributed by atoms with Crippen LogP contribution >= 0.6 is 0 Å². The highest BCUT2D eigenvalue weighted by atomic mass is 19.1. The fourth-order valence-electron chi connectivity index (χ4n) is 4.51. The molecule has 1 aromatic carbocycles. The molecule has 8 heteroatoms. The van der Waals surface area contributed by atoms with E-state index in [2.05, 4.69) is 9.88 Å². The number of amides is 1. The van der Waals surface area contributed by atoms with Crippen molar-refractivity contribution in [1.29, 1.82) is 0 Å².